The Morgan fingerprint density at radius 2 is 2.06 bits per heavy atom. The lowest BCUT2D eigenvalue weighted by Gasteiger charge is -2.15. The zero-order valence-electron chi connectivity index (χ0n) is 10.5. The lowest BCUT2D eigenvalue weighted by atomic mass is 9.95. The number of aromatic nitrogens is 3. The molecular formula is C13H17FN4. The number of aromatic amines is 1. The van der Waals surface area contributed by atoms with Gasteiger partial charge in [-0.3, -0.25) is 4.98 Å². The molecule has 2 heterocycles. The van der Waals surface area contributed by atoms with Gasteiger partial charge >= 0.3 is 0 Å². The van der Waals surface area contributed by atoms with Gasteiger partial charge in [0.25, 0.3) is 0 Å². The Labute approximate surface area is 105 Å². The summed E-state index contributed by atoms with van der Waals surface area (Å²) in [4.78, 5) is 11.6. The van der Waals surface area contributed by atoms with Crippen molar-refractivity contribution in [1.82, 2.24) is 15.0 Å². The van der Waals surface area contributed by atoms with Crippen LogP contribution in [0.3, 0.4) is 0 Å². The van der Waals surface area contributed by atoms with Crippen molar-refractivity contribution in [3.05, 3.63) is 36.2 Å². The smallest absolute Gasteiger partial charge is 0.141 e. The second kappa shape index (κ2) is 5.27. The van der Waals surface area contributed by atoms with Crippen LogP contribution < -0.4 is 5.73 Å². The number of nitrogens with zero attached hydrogens (tertiary/aromatic N) is 2. The first kappa shape index (κ1) is 12.7. The summed E-state index contributed by atoms with van der Waals surface area (Å²) < 4.78 is 12.8. The maximum absolute atomic E-state index is 12.8. The summed E-state index contributed by atoms with van der Waals surface area (Å²) in [6, 6.07) is 3.01. The van der Waals surface area contributed by atoms with E-state index in [0.717, 1.165) is 11.5 Å². The van der Waals surface area contributed by atoms with Crippen LogP contribution in [0, 0.1) is 11.7 Å². The SMILES string of the molecule is CC(C)C(CN)c1ncc(-c2ccc(F)cn2)[nH]1. The lowest BCUT2D eigenvalue weighted by molar-refractivity contribution is 0.487. The molecule has 2 aromatic rings. The van der Waals surface area contributed by atoms with Gasteiger partial charge in [0.2, 0.25) is 0 Å². The highest BCUT2D eigenvalue weighted by Gasteiger charge is 2.17. The number of nitrogens with two attached hydrogens (primary N) is 1. The second-order valence-electron chi connectivity index (χ2n) is 4.63. The van der Waals surface area contributed by atoms with Crippen molar-refractivity contribution in [1.29, 1.82) is 0 Å². The molecule has 0 bridgehead atoms. The average Bonchev–Trinajstić information content (AvgIpc) is 2.80. The minimum Gasteiger partial charge on any atom is -0.340 e. The molecule has 1 unspecified atom stereocenters. The van der Waals surface area contributed by atoms with Crippen molar-refractivity contribution in [2.75, 3.05) is 6.54 Å². The molecule has 1 atom stereocenters. The molecule has 5 heteroatoms. The number of H-pyrrole nitrogens is 1. The standard InChI is InChI=1S/C13H17FN4/c1-8(2)10(5-15)13-17-7-12(18-13)11-4-3-9(14)6-16-11/h3-4,6-8,10H,5,15H2,1-2H3,(H,17,18). The zero-order chi connectivity index (χ0) is 13.1. The summed E-state index contributed by atoms with van der Waals surface area (Å²) in [7, 11) is 0. The molecule has 0 aliphatic carbocycles. The number of hydrogen-bond donors (Lipinski definition) is 2. The zero-order valence-corrected chi connectivity index (χ0v) is 10.5. The molecule has 0 amide bonds. The summed E-state index contributed by atoms with van der Waals surface area (Å²) in [5.41, 5.74) is 7.21. The Balaban J connectivity index is 2.27. The molecule has 0 saturated carbocycles. The molecule has 3 N–H and O–H groups in total. The van der Waals surface area contributed by atoms with Gasteiger partial charge in [-0.1, -0.05) is 13.8 Å². The van der Waals surface area contributed by atoms with E-state index in [2.05, 4.69) is 28.8 Å². The fourth-order valence-corrected chi connectivity index (χ4v) is 1.89. The molecule has 4 nitrogen and oxygen atoms in total. The number of nitrogens with one attached hydrogen (secondary N) is 1. The van der Waals surface area contributed by atoms with Crippen LogP contribution in [-0.4, -0.2) is 21.5 Å². The van der Waals surface area contributed by atoms with Gasteiger partial charge in [0.1, 0.15) is 11.6 Å². The van der Waals surface area contributed by atoms with Gasteiger partial charge in [0.05, 0.1) is 23.8 Å². The minimum absolute atomic E-state index is 0.194. The predicted molar refractivity (Wildman–Crippen MR) is 68.4 cm³/mol. The monoisotopic (exact) mass is 248 g/mol. The first-order chi connectivity index (χ1) is 8.61. The molecule has 18 heavy (non-hydrogen) atoms. The summed E-state index contributed by atoms with van der Waals surface area (Å²) >= 11 is 0. The molecule has 96 valence electrons. The minimum atomic E-state index is -0.347. The van der Waals surface area contributed by atoms with Crippen LogP contribution in [0.2, 0.25) is 0 Å². The molecule has 2 aromatic heterocycles. The van der Waals surface area contributed by atoms with Gasteiger partial charge in [-0.25, -0.2) is 9.37 Å². The fourth-order valence-electron chi connectivity index (χ4n) is 1.89. The number of pyridine rings is 1. The topological polar surface area (TPSA) is 67.6 Å². The van der Waals surface area contributed by atoms with E-state index >= 15 is 0 Å². The van der Waals surface area contributed by atoms with Gasteiger partial charge in [-0.2, -0.15) is 0 Å². The Morgan fingerprint density at radius 1 is 1.28 bits per heavy atom. The average molecular weight is 248 g/mol. The largest absolute Gasteiger partial charge is 0.340 e. The third-order valence-corrected chi connectivity index (χ3v) is 3.01. The van der Waals surface area contributed by atoms with Gasteiger partial charge in [0.15, 0.2) is 0 Å². The summed E-state index contributed by atoms with van der Waals surface area (Å²) in [6.45, 7) is 4.76. The lowest BCUT2D eigenvalue weighted by Crippen LogP contribution is -2.19. The molecule has 0 aliphatic heterocycles. The van der Waals surface area contributed by atoms with Gasteiger partial charge in [-0.05, 0) is 18.1 Å². The van der Waals surface area contributed by atoms with E-state index in [1.54, 1.807) is 12.3 Å². The van der Waals surface area contributed by atoms with Crippen molar-refractivity contribution in [3.63, 3.8) is 0 Å². The van der Waals surface area contributed by atoms with E-state index in [9.17, 15) is 4.39 Å². The number of rotatable bonds is 4. The van der Waals surface area contributed by atoms with Gasteiger partial charge in [0, 0.05) is 12.5 Å². The van der Waals surface area contributed by atoms with E-state index < -0.39 is 0 Å². The van der Waals surface area contributed by atoms with Crippen molar-refractivity contribution in [2.24, 2.45) is 11.7 Å². The number of halogens is 1. The normalized spacial score (nSPS) is 12.9. The van der Waals surface area contributed by atoms with Crippen LogP contribution in [0.1, 0.15) is 25.6 Å². The Kier molecular flexibility index (Phi) is 3.72. The van der Waals surface area contributed by atoms with Crippen molar-refractivity contribution < 1.29 is 4.39 Å². The molecule has 0 aromatic carbocycles. The fraction of sp³-hybridized carbons (Fsp3) is 0.385. The van der Waals surface area contributed by atoms with E-state index in [0.29, 0.717) is 18.2 Å². The highest BCUT2D eigenvalue weighted by Crippen LogP contribution is 2.23. The summed E-state index contributed by atoms with van der Waals surface area (Å²) in [5, 5.41) is 0. The second-order valence-corrected chi connectivity index (χ2v) is 4.63. The summed E-state index contributed by atoms with van der Waals surface area (Å²) in [5.74, 6) is 1.11. The highest BCUT2D eigenvalue weighted by molar-refractivity contribution is 5.52. The third-order valence-electron chi connectivity index (χ3n) is 3.01. The Hall–Kier alpha value is -1.75. The maximum atomic E-state index is 12.8. The third kappa shape index (κ3) is 2.56. The van der Waals surface area contributed by atoms with Crippen LogP contribution in [0.4, 0.5) is 4.39 Å². The van der Waals surface area contributed by atoms with Crippen LogP contribution in [-0.2, 0) is 0 Å². The quantitative estimate of drug-likeness (QED) is 0.872. The first-order valence-electron chi connectivity index (χ1n) is 5.98. The van der Waals surface area contributed by atoms with E-state index in [1.165, 1.54) is 12.3 Å². The van der Waals surface area contributed by atoms with Crippen LogP contribution >= 0.6 is 0 Å². The Morgan fingerprint density at radius 3 is 2.61 bits per heavy atom. The predicted octanol–water partition coefficient (Wildman–Crippen LogP) is 2.31. The van der Waals surface area contributed by atoms with Gasteiger partial charge < -0.3 is 10.7 Å². The molecule has 0 saturated heterocycles. The molecule has 0 spiro atoms. The van der Waals surface area contributed by atoms with Crippen LogP contribution in [0.15, 0.2) is 24.5 Å². The van der Waals surface area contributed by atoms with Crippen molar-refractivity contribution in [3.8, 4) is 11.4 Å². The van der Waals surface area contributed by atoms with Gasteiger partial charge in [-0.15, -0.1) is 0 Å². The van der Waals surface area contributed by atoms with E-state index in [4.69, 9.17) is 5.73 Å². The summed E-state index contributed by atoms with van der Waals surface area (Å²) in [6.07, 6.45) is 2.90. The van der Waals surface area contributed by atoms with Crippen molar-refractivity contribution in [2.45, 2.75) is 19.8 Å². The van der Waals surface area contributed by atoms with Crippen LogP contribution in [0.25, 0.3) is 11.4 Å². The number of imidazole rings is 1. The van der Waals surface area contributed by atoms with Crippen molar-refractivity contribution >= 4 is 0 Å². The molecule has 0 aliphatic rings. The molecule has 0 radical (unpaired) electrons. The van der Waals surface area contributed by atoms with Crippen LogP contribution in [0.5, 0.6) is 0 Å². The van der Waals surface area contributed by atoms with E-state index in [1.807, 2.05) is 0 Å². The van der Waals surface area contributed by atoms with E-state index in [-0.39, 0.29) is 11.7 Å². The molecular weight excluding hydrogens is 231 g/mol. The molecule has 0 fully saturated rings. The number of hydrogen-bond acceptors (Lipinski definition) is 3. The highest BCUT2D eigenvalue weighted by atomic mass is 19.1. The maximum Gasteiger partial charge on any atom is 0.141 e. The Bertz CT molecular complexity index is 504. The first-order valence-corrected chi connectivity index (χ1v) is 5.98. The molecule has 2 rings (SSSR count).